The molecular formula is C19H35ClNNaO4S. The molecule has 8 heteroatoms. The Morgan fingerprint density at radius 1 is 1.15 bits per heavy atom. The topological polar surface area (TPSA) is 71.0 Å². The van der Waals surface area contributed by atoms with Crippen molar-refractivity contribution in [1.29, 1.82) is 0 Å². The number of rotatable bonds is 8. The Morgan fingerprint density at radius 3 is 2.15 bits per heavy atom. The minimum Gasteiger partial charge on any atom is -1.00 e. The Hall–Kier alpha value is 0.660. The van der Waals surface area contributed by atoms with Gasteiger partial charge < -0.3 is 17.0 Å². The molecule has 1 saturated heterocycles. The molecule has 5 nitrogen and oxygen atoms in total. The van der Waals surface area contributed by atoms with Gasteiger partial charge in [0.25, 0.3) is 0 Å². The number of benzene rings is 1. The molecule has 3 N–H and O–H groups in total. The smallest absolute Gasteiger partial charge is 1.00 e. The van der Waals surface area contributed by atoms with Gasteiger partial charge >= 0.3 is 29.6 Å². The van der Waals surface area contributed by atoms with E-state index in [4.69, 9.17) is 21.8 Å². The number of aliphatic hydroxyl groups excluding tert-OH is 2. The number of nitrogens with one attached hydrogen (secondary N) is 1. The van der Waals surface area contributed by atoms with Gasteiger partial charge in [-0.2, -0.15) is 4.33 Å². The summed E-state index contributed by atoms with van der Waals surface area (Å²) in [7, 11) is 1.51. The van der Waals surface area contributed by atoms with Gasteiger partial charge in [0.1, 0.15) is 0 Å². The van der Waals surface area contributed by atoms with Gasteiger partial charge in [-0.3, -0.25) is 0 Å². The van der Waals surface area contributed by atoms with E-state index in [1.165, 1.54) is 50.6 Å². The molecule has 0 spiro atoms. The number of piperidine rings is 1. The second-order valence-electron chi connectivity index (χ2n) is 6.02. The molecule has 0 bridgehead atoms. The number of halogens is 1. The first-order valence-corrected chi connectivity index (χ1v) is 10.4. The molecule has 1 aromatic carbocycles. The Bertz CT molecular complexity index is 413. The van der Waals surface area contributed by atoms with E-state index < -0.39 is 0 Å². The zero-order chi connectivity index (χ0) is 19.5. The minimum absolute atomic E-state index is 0. The third kappa shape index (κ3) is 21.2. The van der Waals surface area contributed by atoms with E-state index in [0.717, 1.165) is 29.5 Å². The molecule has 1 heterocycles. The number of hydrogen-bond donors (Lipinski definition) is 3. The van der Waals surface area contributed by atoms with Crippen LogP contribution in [-0.2, 0) is 15.6 Å². The predicted octanol–water partition coefficient (Wildman–Crippen LogP) is 0.982. The van der Waals surface area contributed by atoms with Crippen LogP contribution in [0.15, 0.2) is 24.3 Å². The number of hydrogen-bond acceptors (Lipinski definition) is 6. The van der Waals surface area contributed by atoms with Crippen LogP contribution in [0.5, 0.6) is 0 Å². The zero-order valence-electron chi connectivity index (χ0n) is 18.0. The Morgan fingerprint density at radius 2 is 1.74 bits per heavy atom. The molecule has 0 aromatic heterocycles. The molecule has 0 saturated carbocycles. The second-order valence-corrected chi connectivity index (χ2v) is 7.24. The summed E-state index contributed by atoms with van der Waals surface area (Å²) in [5.41, 5.74) is 1.30. The summed E-state index contributed by atoms with van der Waals surface area (Å²) in [5, 5.41) is 19.9. The first kappa shape index (κ1) is 29.9. The van der Waals surface area contributed by atoms with Crippen molar-refractivity contribution in [3.63, 3.8) is 0 Å². The molecule has 154 valence electrons. The Labute approximate surface area is 197 Å². The fourth-order valence-electron chi connectivity index (χ4n) is 2.11. The molecule has 0 amide bonds. The summed E-state index contributed by atoms with van der Waals surface area (Å²) in [4.78, 5) is 4.46. The average Bonchev–Trinajstić information content (AvgIpc) is 2.65. The van der Waals surface area contributed by atoms with Gasteiger partial charge in [-0.15, -0.1) is 0 Å². The van der Waals surface area contributed by atoms with E-state index in [0.29, 0.717) is 6.42 Å². The van der Waals surface area contributed by atoms with E-state index in [2.05, 4.69) is 21.5 Å². The summed E-state index contributed by atoms with van der Waals surface area (Å²) in [5.74, 6) is 1.90. The van der Waals surface area contributed by atoms with Crippen LogP contribution >= 0.6 is 23.6 Å². The molecule has 0 aliphatic carbocycles. The van der Waals surface area contributed by atoms with Crippen molar-refractivity contribution in [2.24, 2.45) is 5.92 Å². The van der Waals surface area contributed by atoms with E-state index in [-0.39, 0.29) is 44.2 Å². The molecule has 0 radical (unpaired) electrons. The average molecular weight is 432 g/mol. The number of aliphatic hydroxyl groups is 2. The second kappa shape index (κ2) is 22.9. The van der Waals surface area contributed by atoms with Gasteiger partial charge in [0.2, 0.25) is 0 Å². The van der Waals surface area contributed by atoms with Crippen LogP contribution in [0, 0.1) is 5.92 Å². The van der Waals surface area contributed by atoms with Crippen molar-refractivity contribution in [3.05, 3.63) is 34.9 Å². The van der Waals surface area contributed by atoms with Crippen molar-refractivity contribution in [3.8, 4) is 0 Å². The zero-order valence-corrected chi connectivity index (χ0v) is 20.5. The van der Waals surface area contributed by atoms with Gasteiger partial charge in [0.15, 0.2) is 0 Å². The molecule has 1 aliphatic heterocycles. The molecule has 0 atom stereocenters. The van der Waals surface area contributed by atoms with Crippen molar-refractivity contribution in [2.45, 2.75) is 39.0 Å². The van der Waals surface area contributed by atoms with Crippen LogP contribution in [0.2, 0.25) is 5.02 Å². The van der Waals surface area contributed by atoms with E-state index in [1.54, 1.807) is 0 Å². The molecule has 2 rings (SSSR count). The molecule has 1 aliphatic rings. The fourth-order valence-corrected chi connectivity index (χ4v) is 2.66. The minimum atomic E-state index is 0. The maximum atomic E-state index is 7.91. The first-order valence-electron chi connectivity index (χ1n) is 9.13. The molecule has 1 fully saturated rings. The molecular weight excluding hydrogens is 397 g/mol. The fraction of sp³-hybridized carbons (Fsp3) is 0.684. The molecule has 1 aromatic rings. The maximum Gasteiger partial charge on any atom is 1.00 e. The van der Waals surface area contributed by atoms with Gasteiger partial charge in [-0.1, -0.05) is 30.7 Å². The predicted molar refractivity (Wildman–Crippen MR) is 111 cm³/mol. The van der Waals surface area contributed by atoms with Crippen molar-refractivity contribution in [1.82, 2.24) is 5.32 Å². The Kier molecular flexibility index (Phi) is 25.4. The van der Waals surface area contributed by atoms with Gasteiger partial charge in [0.05, 0.1) is 7.11 Å². The molecule has 27 heavy (non-hydrogen) atoms. The summed E-state index contributed by atoms with van der Waals surface area (Å²) < 4.78 is 4.69. The van der Waals surface area contributed by atoms with Crippen LogP contribution in [0.3, 0.4) is 0 Å². The number of aryl methyl sites for hydroxylation is 1. The van der Waals surface area contributed by atoms with Crippen LogP contribution in [0.1, 0.15) is 39.6 Å². The molecule has 0 unspecified atom stereocenters. The van der Waals surface area contributed by atoms with Crippen molar-refractivity contribution >= 4 is 23.6 Å². The standard InChI is InChI=1S/C10H13ClO2S.C6H13N.C3H8O2.Na.H/c1-12-13-14-8-2-3-9-4-6-10(11)7-5-9;1-6-2-4-7-5-3-6;4-2-1-3-5;;/h4-7H,2-3,8H2,1H3;6-7H,2-5H2,1H3;4-5H,1-3H2;;/q;;;+1;-1. The SMILES string of the molecule is CC1CCNCC1.COOSCCCc1ccc(Cl)cc1.OCCCO.[H-].[Na+]. The van der Waals surface area contributed by atoms with Crippen molar-refractivity contribution in [2.75, 3.05) is 39.2 Å². The summed E-state index contributed by atoms with van der Waals surface area (Å²) in [6.45, 7) is 4.98. The summed E-state index contributed by atoms with van der Waals surface area (Å²) >= 11 is 7.10. The van der Waals surface area contributed by atoms with E-state index in [9.17, 15) is 0 Å². The first-order chi connectivity index (χ1) is 12.6. The van der Waals surface area contributed by atoms with Crippen LogP contribution < -0.4 is 34.9 Å². The summed E-state index contributed by atoms with van der Waals surface area (Å²) in [6.07, 6.45) is 5.35. The third-order valence-electron chi connectivity index (χ3n) is 3.67. The third-order valence-corrected chi connectivity index (χ3v) is 4.61. The summed E-state index contributed by atoms with van der Waals surface area (Å²) in [6, 6.07) is 7.92. The van der Waals surface area contributed by atoms with Crippen molar-refractivity contribution < 1.29 is 50.4 Å². The normalized spacial score (nSPS) is 13.5. The van der Waals surface area contributed by atoms with E-state index >= 15 is 0 Å². The monoisotopic (exact) mass is 431 g/mol. The Balaban J connectivity index is -0.000000377. The largest absolute Gasteiger partial charge is 1.00 e. The van der Waals surface area contributed by atoms with Gasteiger partial charge in [0, 0.05) is 36.0 Å². The van der Waals surface area contributed by atoms with Crippen LogP contribution in [-0.4, -0.2) is 49.4 Å². The quantitative estimate of drug-likeness (QED) is 0.187. The van der Waals surface area contributed by atoms with Crippen LogP contribution in [0.4, 0.5) is 0 Å². The van der Waals surface area contributed by atoms with Gasteiger partial charge in [-0.25, -0.2) is 4.89 Å². The van der Waals surface area contributed by atoms with Gasteiger partial charge in [-0.05, 0) is 68.8 Å². The van der Waals surface area contributed by atoms with E-state index in [1.807, 2.05) is 24.3 Å². The van der Waals surface area contributed by atoms with Crippen LogP contribution in [0.25, 0.3) is 0 Å². The maximum absolute atomic E-state index is 7.91.